The Labute approximate surface area is 101 Å². The molecule has 0 unspecified atom stereocenters. The number of halogens is 1. The second-order valence-corrected chi connectivity index (χ2v) is 3.95. The minimum Gasteiger partial charge on any atom is -0.370 e. The van der Waals surface area contributed by atoms with Crippen LogP contribution in [0.2, 0.25) is 0 Å². The predicted molar refractivity (Wildman–Crippen MR) is 67.6 cm³/mol. The van der Waals surface area contributed by atoms with Crippen molar-refractivity contribution in [3.8, 4) is 0 Å². The average Bonchev–Trinajstić information content (AvgIpc) is 2.32. The fraction of sp³-hybridized carbons (Fsp3) is 0.214. The van der Waals surface area contributed by atoms with E-state index in [0.717, 1.165) is 13.0 Å². The SMILES string of the molecule is Cc1ccccc1CCNc1cccc(F)n1. The molecule has 1 heterocycles. The lowest BCUT2D eigenvalue weighted by Gasteiger charge is -2.07. The number of pyridine rings is 1. The highest BCUT2D eigenvalue weighted by molar-refractivity contribution is 5.34. The largest absolute Gasteiger partial charge is 0.370 e. The molecule has 0 saturated heterocycles. The van der Waals surface area contributed by atoms with E-state index >= 15 is 0 Å². The number of anilines is 1. The Bertz CT molecular complexity index is 497. The van der Waals surface area contributed by atoms with Gasteiger partial charge in [-0.1, -0.05) is 30.3 Å². The van der Waals surface area contributed by atoms with Gasteiger partial charge in [0.15, 0.2) is 0 Å². The number of hydrogen-bond acceptors (Lipinski definition) is 2. The van der Waals surface area contributed by atoms with Crippen LogP contribution in [0.1, 0.15) is 11.1 Å². The van der Waals surface area contributed by atoms with E-state index in [1.165, 1.54) is 17.2 Å². The molecule has 0 bridgehead atoms. The Hall–Kier alpha value is -1.90. The van der Waals surface area contributed by atoms with Gasteiger partial charge in [-0.15, -0.1) is 0 Å². The molecule has 1 N–H and O–H groups in total. The van der Waals surface area contributed by atoms with E-state index in [1.807, 2.05) is 12.1 Å². The number of benzene rings is 1. The topological polar surface area (TPSA) is 24.9 Å². The molecule has 17 heavy (non-hydrogen) atoms. The van der Waals surface area contributed by atoms with Crippen LogP contribution in [-0.4, -0.2) is 11.5 Å². The fourth-order valence-electron chi connectivity index (χ4n) is 1.72. The quantitative estimate of drug-likeness (QED) is 0.816. The number of rotatable bonds is 4. The molecule has 0 aliphatic heterocycles. The molecule has 0 spiro atoms. The lowest BCUT2D eigenvalue weighted by Crippen LogP contribution is -2.07. The van der Waals surface area contributed by atoms with Crippen molar-refractivity contribution >= 4 is 5.82 Å². The maximum absolute atomic E-state index is 12.8. The molecule has 3 heteroatoms. The zero-order valence-electron chi connectivity index (χ0n) is 9.78. The maximum Gasteiger partial charge on any atom is 0.214 e. The van der Waals surface area contributed by atoms with Crippen LogP contribution in [-0.2, 0) is 6.42 Å². The fourth-order valence-corrected chi connectivity index (χ4v) is 1.72. The smallest absolute Gasteiger partial charge is 0.214 e. The first-order valence-corrected chi connectivity index (χ1v) is 5.66. The Balaban J connectivity index is 1.90. The van der Waals surface area contributed by atoms with Crippen LogP contribution in [0, 0.1) is 12.9 Å². The van der Waals surface area contributed by atoms with Gasteiger partial charge < -0.3 is 5.32 Å². The molecule has 2 nitrogen and oxygen atoms in total. The van der Waals surface area contributed by atoms with Crippen molar-refractivity contribution in [2.75, 3.05) is 11.9 Å². The molecule has 0 fully saturated rings. The molecule has 0 atom stereocenters. The molecule has 0 saturated carbocycles. The molecule has 0 aliphatic carbocycles. The highest BCUT2D eigenvalue weighted by Gasteiger charge is 1.98. The Kier molecular flexibility index (Phi) is 3.70. The van der Waals surface area contributed by atoms with E-state index in [1.54, 1.807) is 12.1 Å². The summed E-state index contributed by atoms with van der Waals surface area (Å²) in [6.45, 7) is 2.84. The molecule has 0 amide bonds. The highest BCUT2D eigenvalue weighted by Crippen LogP contribution is 2.08. The van der Waals surface area contributed by atoms with Crippen molar-refractivity contribution in [2.24, 2.45) is 0 Å². The van der Waals surface area contributed by atoms with Crippen LogP contribution >= 0.6 is 0 Å². The monoisotopic (exact) mass is 230 g/mol. The van der Waals surface area contributed by atoms with Gasteiger partial charge in [-0.2, -0.15) is 4.39 Å². The number of nitrogens with one attached hydrogen (secondary N) is 1. The number of hydrogen-bond donors (Lipinski definition) is 1. The van der Waals surface area contributed by atoms with Crippen LogP contribution in [0.25, 0.3) is 0 Å². The summed E-state index contributed by atoms with van der Waals surface area (Å²) in [7, 11) is 0. The zero-order valence-corrected chi connectivity index (χ0v) is 9.78. The molecular weight excluding hydrogens is 215 g/mol. The third-order valence-corrected chi connectivity index (χ3v) is 2.68. The van der Waals surface area contributed by atoms with E-state index in [9.17, 15) is 4.39 Å². The van der Waals surface area contributed by atoms with Gasteiger partial charge >= 0.3 is 0 Å². The molecule has 88 valence electrons. The number of nitrogens with zero attached hydrogens (tertiary/aromatic N) is 1. The van der Waals surface area contributed by atoms with Crippen molar-refractivity contribution in [3.05, 3.63) is 59.5 Å². The summed E-state index contributed by atoms with van der Waals surface area (Å²) in [6.07, 6.45) is 0.908. The molecular formula is C14H15FN2. The summed E-state index contributed by atoms with van der Waals surface area (Å²) >= 11 is 0. The molecule has 2 aromatic rings. The van der Waals surface area contributed by atoms with E-state index in [0.29, 0.717) is 5.82 Å². The van der Waals surface area contributed by atoms with Crippen molar-refractivity contribution in [1.82, 2.24) is 4.98 Å². The number of aryl methyl sites for hydroxylation is 1. The van der Waals surface area contributed by atoms with Crippen molar-refractivity contribution in [2.45, 2.75) is 13.3 Å². The van der Waals surface area contributed by atoms with Crippen LogP contribution in [0.3, 0.4) is 0 Å². The standard InChI is InChI=1S/C14H15FN2/c1-11-5-2-3-6-12(11)9-10-16-14-8-4-7-13(15)17-14/h2-8H,9-10H2,1H3,(H,16,17). The molecule has 1 aromatic heterocycles. The van der Waals surface area contributed by atoms with Gasteiger partial charge in [-0.3, -0.25) is 0 Å². The minimum atomic E-state index is -0.453. The predicted octanol–water partition coefficient (Wildman–Crippen LogP) is 3.18. The lowest BCUT2D eigenvalue weighted by atomic mass is 10.1. The van der Waals surface area contributed by atoms with Gasteiger partial charge in [0.05, 0.1) is 0 Å². The molecule has 1 aromatic carbocycles. The third kappa shape index (κ3) is 3.28. The van der Waals surface area contributed by atoms with Crippen molar-refractivity contribution in [3.63, 3.8) is 0 Å². The molecule has 0 radical (unpaired) electrons. The first-order valence-electron chi connectivity index (χ1n) is 5.66. The van der Waals surface area contributed by atoms with Crippen LogP contribution in [0.4, 0.5) is 10.2 Å². The van der Waals surface area contributed by atoms with E-state index < -0.39 is 5.95 Å². The third-order valence-electron chi connectivity index (χ3n) is 2.68. The first kappa shape index (κ1) is 11.6. The Morgan fingerprint density at radius 1 is 1.12 bits per heavy atom. The number of aromatic nitrogens is 1. The summed E-state index contributed by atoms with van der Waals surface area (Å²) in [4.78, 5) is 3.75. The highest BCUT2D eigenvalue weighted by atomic mass is 19.1. The normalized spacial score (nSPS) is 10.2. The minimum absolute atomic E-state index is 0.453. The van der Waals surface area contributed by atoms with E-state index in [2.05, 4.69) is 29.4 Å². The lowest BCUT2D eigenvalue weighted by molar-refractivity contribution is 0.585. The summed E-state index contributed by atoms with van der Waals surface area (Å²) in [6, 6.07) is 13.0. The molecule has 0 aliphatic rings. The van der Waals surface area contributed by atoms with E-state index in [-0.39, 0.29) is 0 Å². The summed E-state index contributed by atoms with van der Waals surface area (Å²) < 4.78 is 12.8. The summed E-state index contributed by atoms with van der Waals surface area (Å²) in [5, 5.41) is 3.11. The Morgan fingerprint density at radius 3 is 2.71 bits per heavy atom. The maximum atomic E-state index is 12.8. The van der Waals surface area contributed by atoms with Crippen LogP contribution in [0.5, 0.6) is 0 Å². The first-order chi connectivity index (χ1) is 8.25. The van der Waals surface area contributed by atoms with Gasteiger partial charge in [0.1, 0.15) is 5.82 Å². The van der Waals surface area contributed by atoms with Gasteiger partial charge in [0.25, 0.3) is 0 Å². The summed E-state index contributed by atoms with van der Waals surface area (Å²) in [5.74, 6) is 0.129. The van der Waals surface area contributed by atoms with Gasteiger partial charge in [0, 0.05) is 6.54 Å². The van der Waals surface area contributed by atoms with Gasteiger partial charge in [-0.05, 0) is 36.6 Å². The van der Waals surface area contributed by atoms with Crippen molar-refractivity contribution in [1.29, 1.82) is 0 Å². The van der Waals surface area contributed by atoms with E-state index in [4.69, 9.17) is 0 Å². The molecule has 2 rings (SSSR count). The summed E-state index contributed by atoms with van der Waals surface area (Å²) in [5.41, 5.74) is 2.58. The van der Waals surface area contributed by atoms with Crippen molar-refractivity contribution < 1.29 is 4.39 Å². The average molecular weight is 230 g/mol. The second-order valence-electron chi connectivity index (χ2n) is 3.95. The second kappa shape index (κ2) is 5.43. The van der Waals surface area contributed by atoms with Gasteiger partial charge in [0.2, 0.25) is 5.95 Å². The Morgan fingerprint density at radius 2 is 1.94 bits per heavy atom. The zero-order chi connectivity index (χ0) is 12.1. The van der Waals surface area contributed by atoms with Gasteiger partial charge in [-0.25, -0.2) is 4.98 Å². The van der Waals surface area contributed by atoms with Crippen LogP contribution in [0.15, 0.2) is 42.5 Å². The van der Waals surface area contributed by atoms with Crippen LogP contribution < -0.4 is 5.32 Å².